The van der Waals surface area contributed by atoms with Crippen LogP contribution in [0.5, 0.6) is 5.75 Å². The van der Waals surface area contributed by atoms with Gasteiger partial charge < -0.3 is 10.1 Å². The van der Waals surface area contributed by atoms with Crippen LogP contribution in [0, 0.1) is 0 Å². The van der Waals surface area contributed by atoms with E-state index in [1.165, 1.54) is 5.56 Å². The molecule has 23 heavy (non-hydrogen) atoms. The highest BCUT2D eigenvalue weighted by atomic mass is 16.6. The fourth-order valence-corrected chi connectivity index (χ4v) is 2.87. The van der Waals surface area contributed by atoms with E-state index in [0.717, 1.165) is 32.5 Å². The molecule has 4 heteroatoms. The minimum atomic E-state index is -0.363. The highest BCUT2D eigenvalue weighted by Gasteiger charge is 2.21. The van der Waals surface area contributed by atoms with Crippen molar-refractivity contribution >= 4 is 6.09 Å². The monoisotopic (exact) mass is 310 g/mol. The molecule has 1 aliphatic rings. The molecule has 0 aliphatic carbocycles. The molecule has 0 unspecified atom stereocenters. The molecule has 2 aromatic carbocycles. The largest absolute Gasteiger partial charge is 0.412 e. The number of carbonyl (C=O) groups excluding carboxylic acids is 1. The molecule has 1 saturated heterocycles. The van der Waals surface area contributed by atoms with Crippen LogP contribution in [-0.4, -0.2) is 30.1 Å². The lowest BCUT2D eigenvalue weighted by Gasteiger charge is -2.32. The number of benzene rings is 2. The SMILES string of the molecule is O=C(NC1CCN(Cc2ccccc2)CC1)Oc1ccccc1. The van der Waals surface area contributed by atoms with E-state index in [2.05, 4.69) is 34.5 Å². The van der Waals surface area contributed by atoms with E-state index in [1.54, 1.807) is 12.1 Å². The van der Waals surface area contributed by atoms with Gasteiger partial charge in [-0.05, 0) is 30.5 Å². The maximum absolute atomic E-state index is 11.9. The Morgan fingerprint density at radius 3 is 2.26 bits per heavy atom. The fourth-order valence-electron chi connectivity index (χ4n) is 2.87. The number of nitrogens with one attached hydrogen (secondary N) is 1. The summed E-state index contributed by atoms with van der Waals surface area (Å²) in [6, 6.07) is 19.8. The molecule has 1 fully saturated rings. The predicted octanol–water partition coefficient (Wildman–Crippen LogP) is 3.44. The lowest BCUT2D eigenvalue weighted by atomic mass is 10.0. The van der Waals surface area contributed by atoms with Gasteiger partial charge >= 0.3 is 6.09 Å². The average molecular weight is 310 g/mol. The number of nitrogens with zero attached hydrogens (tertiary/aromatic N) is 1. The first-order valence-electron chi connectivity index (χ1n) is 8.09. The molecule has 1 N–H and O–H groups in total. The van der Waals surface area contributed by atoms with Gasteiger partial charge in [0, 0.05) is 25.7 Å². The van der Waals surface area contributed by atoms with E-state index < -0.39 is 0 Å². The Kier molecular flexibility index (Phi) is 5.27. The molecule has 1 heterocycles. The molecule has 0 aromatic heterocycles. The molecule has 0 spiro atoms. The van der Waals surface area contributed by atoms with Gasteiger partial charge in [-0.15, -0.1) is 0 Å². The van der Waals surface area contributed by atoms with Crippen LogP contribution in [0.1, 0.15) is 18.4 Å². The first-order chi connectivity index (χ1) is 11.3. The lowest BCUT2D eigenvalue weighted by Crippen LogP contribution is -2.45. The van der Waals surface area contributed by atoms with Crippen molar-refractivity contribution in [3.05, 3.63) is 66.2 Å². The second-order valence-electron chi connectivity index (χ2n) is 5.88. The number of likely N-dealkylation sites (tertiary alicyclic amines) is 1. The van der Waals surface area contributed by atoms with Crippen molar-refractivity contribution in [1.29, 1.82) is 0 Å². The van der Waals surface area contributed by atoms with Crippen LogP contribution in [0.3, 0.4) is 0 Å². The number of para-hydroxylation sites is 1. The Hall–Kier alpha value is -2.33. The van der Waals surface area contributed by atoms with Gasteiger partial charge in [-0.2, -0.15) is 0 Å². The summed E-state index contributed by atoms with van der Waals surface area (Å²) in [5.74, 6) is 0.575. The summed E-state index contributed by atoms with van der Waals surface area (Å²) in [7, 11) is 0. The van der Waals surface area contributed by atoms with E-state index in [-0.39, 0.29) is 12.1 Å². The summed E-state index contributed by atoms with van der Waals surface area (Å²) in [5.41, 5.74) is 1.34. The summed E-state index contributed by atoms with van der Waals surface area (Å²) in [6.07, 6.45) is 1.55. The maximum Gasteiger partial charge on any atom is 0.412 e. The van der Waals surface area contributed by atoms with Gasteiger partial charge in [0.1, 0.15) is 5.75 Å². The Morgan fingerprint density at radius 2 is 1.61 bits per heavy atom. The van der Waals surface area contributed by atoms with E-state index in [0.29, 0.717) is 5.75 Å². The van der Waals surface area contributed by atoms with Crippen molar-refractivity contribution in [1.82, 2.24) is 10.2 Å². The summed E-state index contributed by atoms with van der Waals surface area (Å²) in [5, 5.41) is 2.96. The van der Waals surface area contributed by atoms with E-state index >= 15 is 0 Å². The minimum absolute atomic E-state index is 0.193. The minimum Gasteiger partial charge on any atom is -0.410 e. The third kappa shape index (κ3) is 4.83. The van der Waals surface area contributed by atoms with Gasteiger partial charge in [0.15, 0.2) is 0 Å². The van der Waals surface area contributed by atoms with Crippen molar-refractivity contribution in [3.63, 3.8) is 0 Å². The van der Waals surface area contributed by atoms with Gasteiger partial charge in [-0.25, -0.2) is 4.79 Å². The second-order valence-corrected chi connectivity index (χ2v) is 5.88. The Morgan fingerprint density at radius 1 is 1.00 bits per heavy atom. The summed E-state index contributed by atoms with van der Waals surface area (Å²) in [6.45, 7) is 2.96. The highest BCUT2D eigenvalue weighted by Crippen LogP contribution is 2.14. The van der Waals surface area contributed by atoms with Gasteiger partial charge in [0.25, 0.3) is 0 Å². The van der Waals surface area contributed by atoms with Gasteiger partial charge in [-0.3, -0.25) is 4.90 Å². The van der Waals surface area contributed by atoms with Crippen molar-refractivity contribution in [3.8, 4) is 5.75 Å². The van der Waals surface area contributed by atoms with E-state index in [9.17, 15) is 4.79 Å². The zero-order valence-corrected chi connectivity index (χ0v) is 13.2. The number of hydrogen-bond acceptors (Lipinski definition) is 3. The van der Waals surface area contributed by atoms with Crippen LogP contribution in [-0.2, 0) is 6.54 Å². The van der Waals surface area contributed by atoms with Crippen molar-refractivity contribution in [2.75, 3.05) is 13.1 Å². The molecule has 1 amide bonds. The molecular formula is C19H22N2O2. The molecule has 1 aliphatic heterocycles. The first kappa shape index (κ1) is 15.6. The molecule has 0 bridgehead atoms. The Labute approximate surface area is 137 Å². The topological polar surface area (TPSA) is 41.6 Å². The van der Waals surface area contributed by atoms with Crippen molar-refractivity contribution in [2.45, 2.75) is 25.4 Å². The average Bonchev–Trinajstić information content (AvgIpc) is 2.58. The summed E-state index contributed by atoms with van der Waals surface area (Å²) >= 11 is 0. The third-order valence-corrected chi connectivity index (χ3v) is 4.11. The zero-order chi connectivity index (χ0) is 15.9. The number of carbonyl (C=O) groups is 1. The molecule has 0 radical (unpaired) electrons. The fraction of sp³-hybridized carbons (Fsp3) is 0.316. The molecular weight excluding hydrogens is 288 g/mol. The van der Waals surface area contributed by atoms with Gasteiger partial charge in [-0.1, -0.05) is 48.5 Å². The molecule has 0 atom stereocenters. The van der Waals surface area contributed by atoms with E-state index in [1.807, 2.05) is 24.3 Å². The predicted molar refractivity (Wildman–Crippen MR) is 90.3 cm³/mol. The van der Waals surface area contributed by atoms with Crippen LogP contribution < -0.4 is 10.1 Å². The summed E-state index contributed by atoms with van der Waals surface area (Å²) in [4.78, 5) is 14.3. The lowest BCUT2D eigenvalue weighted by molar-refractivity contribution is 0.169. The van der Waals surface area contributed by atoms with Crippen LogP contribution in [0.25, 0.3) is 0 Å². The molecule has 120 valence electrons. The number of hydrogen-bond donors (Lipinski definition) is 1. The molecule has 3 rings (SSSR count). The number of ether oxygens (including phenoxy) is 1. The standard InChI is InChI=1S/C19H22N2O2/c22-19(23-18-9-5-2-6-10-18)20-17-11-13-21(14-12-17)15-16-7-3-1-4-8-16/h1-10,17H,11-15H2,(H,20,22). The molecule has 0 saturated carbocycles. The quantitative estimate of drug-likeness (QED) is 0.940. The summed E-state index contributed by atoms with van der Waals surface area (Å²) < 4.78 is 5.28. The number of amides is 1. The normalized spacial score (nSPS) is 16.0. The molecule has 4 nitrogen and oxygen atoms in total. The van der Waals surface area contributed by atoms with Crippen LogP contribution in [0.2, 0.25) is 0 Å². The van der Waals surface area contributed by atoms with Gasteiger partial charge in [0.2, 0.25) is 0 Å². The van der Waals surface area contributed by atoms with Crippen LogP contribution >= 0.6 is 0 Å². The van der Waals surface area contributed by atoms with Crippen LogP contribution in [0.4, 0.5) is 4.79 Å². The first-order valence-corrected chi connectivity index (χ1v) is 8.09. The van der Waals surface area contributed by atoms with Crippen molar-refractivity contribution < 1.29 is 9.53 Å². The third-order valence-electron chi connectivity index (χ3n) is 4.11. The highest BCUT2D eigenvalue weighted by molar-refractivity contribution is 5.70. The van der Waals surface area contributed by atoms with E-state index in [4.69, 9.17) is 4.74 Å². The Bertz CT molecular complexity index is 608. The number of rotatable bonds is 4. The molecule has 2 aromatic rings. The Balaban J connectivity index is 1.41. The smallest absolute Gasteiger partial charge is 0.410 e. The number of piperidine rings is 1. The maximum atomic E-state index is 11.9. The second kappa shape index (κ2) is 7.79. The van der Waals surface area contributed by atoms with Gasteiger partial charge in [0.05, 0.1) is 0 Å². The zero-order valence-electron chi connectivity index (χ0n) is 13.2. The van der Waals surface area contributed by atoms with Crippen LogP contribution in [0.15, 0.2) is 60.7 Å². The van der Waals surface area contributed by atoms with Crippen molar-refractivity contribution in [2.24, 2.45) is 0 Å².